The second kappa shape index (κ2) is 3.73. The standard InChI is InChI=1S/C13H12O2/c1-9(7-10(2)14)13-8-11-5-3-4-6-12(11)15-13/h3-8H,1-2H3/b9-7-. The number of para-hydroxylation sites is 1. The maximum atomic E-state index is 10.9. The van der Waals surface area contributed by atoms with Crippen molar-refractivity contribution in [3.8, 4) is 0 Å². The van der Waals surface area contributed by atoms with Crippen molar-refractivity contribution >= 4 is 22.3 Å². The zero-order chi connectivity index (χ0) is 10.8. The molecule has 1 aromatic carbocycles. The fourth-order valence-electron chi connectivity index (χ4n) is 1.55. The van der Waals surface area contributed by atoms with Crippen molar-refractivity contribution in [1.82, 2.24) is 0 Å². The molecular formula is C13H12O2. The smallest absolute Gasteiger partial charge is 0.153 e. The molecule has 0 radical (unpaired) electrons. The van der Waals surface area contributed by atoms with E-state index >= 15 is 0 Å². The summed E-state index contributed by atoms with van der Waals surface area (Å²) < 4.78 is 5.61. The Hall–Kier alpha value is -1.83. The van der Waals surface area contributed by atoms with Gasteiger partial charge < -0.3 is 4.42 Å². The number of benzene rings is 1. The molecule has 0 bridgehead atoms. The second-order valence-electron chi connectivity index (χ2n) is 3.59. The molecule has 0 atom stereocenters. The Morgan fingerprint density at radius 1 is 1.27 bits per heavy atom. The quantitative estimate of drug-likeness (QED) is 0.695. The first kappa shape index (κ1) is 9.71. The van der Waals surface area contributed by atoms with Crippen LogP contribution in [0.1, 0.15) is 19.6 Å². The van der Waals surface area contributed by atoms with E-state index in [4.69, 9.17) is 4.42 Å². The number of carbonyl (C=O) groups excluding carboxylic acids is 1. The Morgan fingerprint density at radius 3 is 2.67 bits per heavy atom. The second-order valence-corrected chi connectivity index (χ2v) is 3.59. The van der Waals surface area contributed by atoms with E-state index in [1.54, 1.807) is 6.08 Å². The van der Waals surface area contributed by atoms with Crippen LogP contribution in [0.25, 0.3) is 16.5 Å². The normalized spacial score (nSPS) is 12.0. The van der Waals surface area contributed by atoms with E-state index in [-0.39, 0.29) is 5.78 Å². The first-order chi connectivity index (χ1) is 7.16. The number of rotatable bonds is 2. The lowest BCUT2D eigenvalue weighted by Crippen LogP contribution is -1.83. The third-order valence-electron chi connectivity index (χ3n) is 2.23. The number of hydrogen-bond donors (Lipinski definition) is 0. The van der Waals surface area contributed by atoms with Crippen LogP contribution in [-0.4, -0.2) is 5.78 Å². The fraction of sp³-hybridized carbons (Fsp3) is 0.154. The molecule has 2 heteroatoms. The Bertz CT molecular complexity index is 499. The Balaban J connectivity index is 2.49. The highest BCUT2D eigenvalue weighted by atomic mass is 16.3. The summed E-state index contributed by atoms with van der Waals surface area (Å²) in [5.41, 5.74) is 1.71. The van der Waals surface area contributed by atoms with Crippen molar-refractivity contribution in [2.45, 2.75) is 13.8 Å². The molecule has 0 N–H and O–H groups in total. The van der Waals surface area contributed by atoms with Gasteiger partial charge in [-0.25, -0.2) is 0 Å². The largest absolute Gasteiger partial charge is 0.456 e. The molecule has 2 nitrogen and oxygen atoms in total. The van der Waals surface area contributed by atoms with E-state index in [0.717, 1.165) is 22.3 Å². The molecule has 0 unspecified atom stereocenters. The SMILES string of the molecule is CC(=O)/C=C(/C)c1cc2ccccc2o1. The van der Waals surface area contributed by atoms with Gasteiger partial charge in [-0.05, 0) is 37.6 Å². The van der Waals surface area contributed by atoms with Gasteiger partial charge in [0.05, 0.1) is 0 Å². The zero-order valence-corrected chi connectivity index (χ0v) is 8.78. The van der Waals surface area contributed by atoms with E-state index in [1.165, 1.54) is 6.92 Å². The van der Waals surface area contributed by atoms with Gasteiger partial charge in [-0.3, -0.25) is 4.79 Å². The molecule has 2 aromatic rings. The van der Waals surface area contributed by atoms with Gasteiger partial charge in [0.15, 0.2) is 5.78 Å². The van der Waals surface area contributed by atoms with Gasteiger partial charge in [0.25, 0.3) is 0 Å². The van der Waals surface area contributed by atoms with Crippen molar-refractivity contribution in [3.05, 3.63) is 42.2 Å². The van der Waals surface area contributed by atoms with Crippen LogP contribution >= 0.6 is 0 Å². The van der Waals surface area contributed by atoms with Crippen LogP contribution in [0.2, 0.25) is 0 Å². The molecule has 1 aromatic heterocycles. The molecule has 0 saturated heterocycles. The molecule has 0 amide bonds. The number of allylic oxidation sites excluding steroid dienone is 2. The molecular weight excluding hydrogens is 188 g/mol. The molecule has 0 fully saturated rings. The van der Waals surface area contributed by atoms with Gasteiger partial charge in [0.1, 0.15) is 11.3 Å². The molecule has 76 valence electrons. The lowest BCUT2D eigenvalue weighted by Gasteiger charge is -1.92. The number of ketones is 1. The topological polar surface area (TPSA) is 30.2 Å². The summed E-state index contributed by atoms with van der Waals surface area (Å²) in [5, 5.41) is 1.06. The fourth-order valence-corrected chi connectivity index (χ4v) is 1.55. The summed E-state index contributed by atoms with van der Waals surface area (Å²) in [5.74, 6) is 0.791. The van der Waals surface area contributed by atoms with Gasteiger partial charge in [0, 0.05) is 5.39 Å². The predicted molar refractivity (Wildman–Crippen MR) is 60.5 cm³/mol. The van der Waals surface area contributed by atoms with Crippen LogP contribution in [0.3, 0.4) is 0 Å². The van der Waals surface area contributed by atoms with E-state index < -0.39 is 0 Å². The highest BCUT2D eigenvalue weighted by molar-refractivity contribution is 5.95. The minimum Gasteiger partial charge on any atom is -0.456 e. The molecule has 0 spiro atoms. The number of carbonyl (C=O) groups is 1. The van der Waals surface area contributed by atoms with Crippen molar-refractivity contribution in [2.24, 2.45) is 0 Å². The number of hydrogen-bond acceptors (Lipinski definition) is 2. The van der Waals surface area contributed by atoms with E-state index in [2.05, 4.69) is 0 Å². The minimum atomic E-state index is 0.0351. The molecule has 0 saturated carbocycles. The molecule has 15 heavy (non-hydrogen) atoms. The minimum absolute atomic E-state index is 0.0351. The maximum absolute atomic E-state index is 10.9. The van der Waals surface area contributed by atoms with E-state index in [9.17, 15) is 4.79 Å². The summed E-state index contributed by atoms with van der Waals surface area (Å²) in [6, 6.07) is 9.75. The molecule has 2 rings (SSSR count). The Kier molecular flexibility index (Phi) is 2.42. The first-order valence-electron chi connectivity index (χ1n) is 4.84. The summed E-state index contributed by atoms with van der Waals surface area (Å²) in [7, 11) is 0. The van der Waals surface area contributed by atoms with Gasteiger partial charge >= 0.3 is 0 Å². The van der Waals surface area contributed by atoms with Gasteiger partial charge in [-0.15, -0.1) is 0 Å². The van der Waals surface area contributed by atoms with Crippen LogP contribution in [0.5, 0.6) is 0 Å². The van der Waals surface area contributed by atoms with Crippen molar-refractivity contribution in [3.63, 3.8) is 0 Å². The average molecular weight is 200 g/mol. The zero-order valence-electron chi connectivity index (χ0n) is 8.78. The van der Waals surface area contributed by atoms with Crippen LogP contribution < -0.4 is 0 Å². The lowest BCUT2D eigenvalue weighted by atomic mass is 10.2. The molecule has 0 aliphatic rings. The van der Waals surface area contributed by atoms with Crippen LogP contribution in [0.15, 0.2) is 40.8 Å². The third-order valence-corrected chi connectivity index (χ3v) is 2.23. The molecule has 1 heterocycles. The Morgan fingerprint density at radius 2 is 2.00 bits per heavy atom. The average Bonchev–Trinajstić information content (AvgIpc) is 2.59. The predicted octanol–water partition coefficient (Wildman–Crippen LogP) is 3.43. The van der Waals surface area contributed by atoms with Crippen LogP contribution in [0, 0.1) is 0 Å². The first-order valence-corrected chi connectivity index (χ1v) is 4.84. The van der Waals surface area contributed by atoms with Crippen LogP contribution in [0.4, 0.5) is 0 Å². The lowest BCUT2D eigenvalue weighted by molar-refractivity contribution is -0.112. The number of fused-ring (bicyclic) bond motifs is 1. The van der Waals surface area contributed by atoms with Crippen molar-refractivity contribution in [1.29, 1.82) is 0 Å². The highest BCUT2D eigenvalue weighted by Gasteiger charge is 2.04. The van der Waals surface area contributed by atoms with Crippen molar-refractivity contribution in [2.75, 3.05) is 0 Å². The summed E-state index contributed by atoms with van der Waals surface area (Å²) in [6.45, 7) is 3.41. The summed E-state index contributed by atoms with van der Waals surface area (Å²) >= 11 is 0. The number of furan rings is 1. The highest BCUT2D eigenvalue weighted by Crippen LogP contribution is 2.23. The Labute approximate surface area is 88.2 Å². The molecule has 0 aliphatic carbocycles. The molecule has 0 aliphatic heterocycles. The van der Waals surface area contributed by atoms with Crippen molar-refractivity contribution < 1.29 is 9.21 Å². The maximum Gasteiger partial charge on any atom is 0.153 e. The summed E-state index contributed by atoms with van der Waals surface area (Å²) in [6.07, 6.45) is 1.58. The van der Waals surface area contributed by atoms with Gasteiger partial charge in [0.2, 0.25) is 0 Å². The van der Waals surface area contributed by atoms with Gasteiger partial charge in [-0.1, -0.05) is 18.2 Å². The van der Waals surface area contributed by atoms with Gasteiger partial charge in [-0.2, -0.15) is 0 Å². The summed E-state index contributed by atoms with van der Waals surface area (Å²) in [4.78, 5) is 10.9. The van der Waals surface area contributed by atoms with E-state index in [0.29, 0.717) is 0 Å². The monoisotopic (exact) mass is 200 g/mol. The third kappa shape index (κ3) is 1.99. The van der Waals surface area contributed by atoms with E-state index in [1.807, 2.05) is 37.3 Å². The van der Waals surface area contributed by atoms with Crippen LogP contribution in [-0.2, 0) is 4.79 Å².